The van der Waals surface area contributed by atoms with Gasteiger partial charge in [-0.05, 0) is 43.0 Å². The fourth-order valence-corrected chi connectivity index (χ4v) is 3.57. The Balaban J connectivity index is 2.76. The van der Waals surface area contributed by atoms with Gasteiger partial charge in [-0.15, -0.1) is 0 Å². The van der Waals surface area contributed by atoms with Gasteiger partial charge in [0.2, 0.25) is 5.91 Å². The minimum Gasteiger partial charge on any atom is -0.462 e. The van der Waals surface area contributed by atoms with Crippen molar-refractivity contribution in [1.82, 2.24) is 4.57 Å². The molecule has 1 heterocycles. The van der Waals surface area contributed by atoms with E-state index in [2.05, 4.69) is 27.4 Å². The molecule has 0 bridgehead atoms. The molecule has 2 aromatic rings. The standard InChI is InChI=1S/C20H25BrN2O3/c1-4-15-16(5-2)23(12-11-17(22)24)19(18(15)20(25)26-6-3)13-7-9-14(21)10-8-13/h7-10H,4-6,11-12H2,1-3H3,(H2,22,24). The van der Waals surface area contributed by atoms with E-state index in [1.54, 1.807) is 6.92 Å². The first kappa shape index (κ1) is 20.2. The second-order valence-electron chi connectivity index (χ2n) is 5.95. The van der Waals surface area contributed by atoms with Crippen molar-refractivity contribution < 1.29 is 14.3 Å². The lowest BCUT2D eigenvalue weighted by molar-refractivity contribution is -0.118. The van der Waals surface area contributed by atoms with Gasteiger partial charge in [-0.25, -0.2) is 4.79 Å². The third kappa shape index (κ3) is 4.18. The number of benzene rings is 1. The lowest BCUT2D eigenvalue weighted by Crippen LogP contribution is -2.16. The number of hydrogen-bond donors (Lipinski definition) is 1. The first-order chi connectivity index (χ1) is 12.4. The molecule has 0 aliphatic heterocycles. The van der Waals surface area contributed by atoms with Gasteiger partial charge in [-0.1, -0.05) is 41.9 Å². The minimum absolute atomic E-state index is 0.219. The Hall–Kier alpha value is -2.08. The molecule has 1 aromatic heterocycles. The van der Waals surface area contributed by atoms with Gasteiger partial charge < -0.3 is 15.0 Å². The molecule has 5 nitrogen and oxygen atoms in total. The lowest BCUT2D eigenvalue weighted by Gasteiger charge is -2.13. The molecular weight excluding hydrogens is 396 g/mol. The summed E-state index contributed by atoms with van der Waals surface area (Å²) in [4.78, 5) is 24.1. The Morgan fingerprint density at radius 3 is 2.27 bits per heavy atom. The van der Waals surface area contributed by atoms with Crippen LogP contribution in [0.3, 0.4) is 0 Å². The zero-order chi connectivity index (χ0) is 19.3. The molecule has 0 unspecified atom stereocenters. The summed E-state index contributed by atoms with van der Waals surface area (Å²) in [6.45, 7) is 6.64. The van der Waals surface area contributed by atoms with E-state index >= 15 is 0 Å². The highest BCUT2D eigenvalue weighted by molar-refractivity contribution is 9.10. The molecule has 1 amide bonds. The number of amides is 1. The average molecular weight is 421 g/mol. The number of aromatic nitrogens is 1. The molecular formula is C20H25BrN2O3. The van der Waals surface area contributed by atoms with Crippen LogP contribution in [0.2, 0.25) is 0 Å². The molecule has 2 N–H and O–H groups in total. The molecule has 140 valence electrons. The van der Waals surface area contributed by atoms with Gasteiger partial charge in [0.15, 0.2) is 0 Å². The number of halogens is 1. The molecule has 0 aliphatic carbocycles. The lowest BCUT2D eigenvalue weighted by atomic mass is 10.0. The van der Waals surface area contributed by atoms with Crippen molar-refractivity contribution in [1.29, 1.82) is 0 Å². The maximum absolute atomic E-state index is 12.8. The van der Waals surface area contributed by atoms with Gasteiger partial charge in [0.1, 0.15) is 0 Å². The number of nitrogens with zero attached hydrogens (tertiary/aromatic N) is 1. The fourth-order valence-electron chi connectivity index (χ4n) is 3.30. The third-order valence-electron chi connectivity index (χ3n) is 4.35. The van der Waals surface area contributed by atoms with Gasteiger partial charge in [0.05, 0.1) is 17.9 Å². The minimum atomic E-state index is -0.363. The molecule has 0 saturated carbocycles. The Morgan fingerprint density at radius 1 is 1.12 bits per heavy atom. The number of nitrogens with two attached hydrogens (primary N) is 1. The topological polar surface area (TPSA) is 74.3 Å². The number of primary amides is 1. The van der Waals surface area contributed by atoms with Crippen molar-refractivity contribution in [3.63, 3.8) is 0 Å². The van der Waals surface area contributed by atoms with Gasteiger partial charge in [0.25, 0.3) is 0 Å². The van der Waals surface area contributed by atoms with Crippen molar-refractivity contribution in [3.05, 3.63) is 45.6 Å². The largest absolute Gasteiger partial charge is 0.462 e. The highest BCUT2D eigenvalue weighted by atomic mass is 79.9. The first-order valence-corrected chi connectivity index (χ1v) is 9.69. The molecule has 2 rings (SSSR count). The summed E-state index contributed by atoms with van der Waals surface area (Å²) >= 11 is 3.45. The maximum atomic E-state index is 12.8. The predicted molar refractivity (Wildman–Crippen MR) is 106 cm³/mol. The summed E-state index contributed by atoms with van der Waals surface area (Å²) in [6, 6.07) is 7.80. The molecule has 26 heavy (non-hydrogen) atoms. The van der Waals surface area contributed by atoms with Crippen LogP contribution in [-0.2, 0) is 28.9 Å². The van der Waals surface area contributed by atoms with Crippen LogP contribution in [0.25, 0.3) is 11.3 Å². The summed E-state index contributed by atoms with van der Waals surface area (Å²) in [5.41, 5.74) is 9.71. The van der Waals surface area contributed by atoms with Gasteiger partial charge in [0, 0.05) is 23.1 Å². The predicted octanol–water partition coefficient (Wildman–Crippen LogP) is 4.09. The van der Waals surface area contributed by atoms with Crippen LogP contribution in [0.5, 0.6) is 0 Å². The highest BCUT2D eigenvalue weighted by Gasteiger charge is 2.27. The molecule has 0 atom stereocenters. The van der Waals surface area contributed by atoms with Crippen LogP contribution >= 0.6 is 15.9 Å². The van der Waals surface area contributed by atoms with Crippen molar-refractivity contribution >= 4 is 27.8 Å². The third-order valence-corrected chi connectivity index (χ3v) is 4.88. The van der Waals surface area contributed by atoms with Crippen LogP contribution in [0.4, 0.5) is 0 Å². The molecule has 0 aliphatic rings. The average Bonchev–Trinajstić information content (AvgIpc) is 2.94. The maximum Gasteiger partial charge on any atom is 0.340 e. The van der Waals surface area contributed by atoms with E-state index in [0.717, 1.165) is 33.4 Å². The number of carbonyl (C=O) groups is 2. The number of ether oxygens (including phenoxy) is 1. The zero-order valence-electron chi connectivity index (χ0n) is 15.5. The summed E-state index contributed by atoms with van der Waals surface area (Å²) < 4.78 is 8.36. The van der Waals surface area contributed by atoms with Crippen molar-refractivity contribution in [2.75, 3.05) is 6.61 Å². The van der Waals surface area contributed by atoms with Crippen molar-refractivity contribution in [3.8, 4) is 11.3 Å². The van der Waals surface area contributed by atoms with E-state index in [0.29, 0.717) is 25.1 Å². The quantitative estimate of drug-likeness (QED) is 0.653. The number of carbonyl (C=O) groups excluding carboxylic acids is 2. The normalized spacial score (nSPS) is 10.8. The summed E-state index contributed by atoms with van der Waals surface area (Å²) in [7, 11) is 0. The van der Waals surface area contributed by atoms with E-state index in [1.165, 1.54) is 0 Å². The monoisotopic (exact) mass is 420 g/mol. The van der Waals surface area contributed by atoms with Crippen LogP contribution in [0.1, 0.15) is 48.8 Å². The molecule has 1 aromatic carbocycles. The van der Waals surface area contributed by atoms with Gasteiger partial charge in [-0.2, -0.15) is 0 Å². The Kier molecular flexibility index (Phi) is 7.03. The fraction of sp³-hybridized carbons (Fsp3) is 0.400. The van der Waals surface area contributed by atoms with Crippen LogP contribution in [0, 0.1) is 0 Å². The number of hydrogen-bond acceptors (Lipinski definition) is 3. The van der Waals surface area contributed by atoms with Crippen LogP contribution < -0.4 is 5.73 Å². The Labute approximate surface area is 162 Å². The van der Waals surface area contributed by atoms with Crippen molar-refractivity contribution in [2.24, 2.45) is 5.73 Å². The van der Waals surface area contributed by atoms with Gasteiger partial charge in [-0.3, -0.25) is 4.79 Å². The van der Waals surface area contributed by atoms with Crippen molar-refractivity contribution in [2.45, 2.75) is 46.6 Å². The second kappa shape index (κ2) is 9.03. The number of esters is 1. The van der Waals surface area contributed by atoms with E-state index in [4.69, 9.17) is 10.5 Å². The number of rotatable bonds is 8. The molecule has 0 fully saturated rings. The summed E-state index contributed by atoms with van der Waals surface area (Å²) in [5.74, 6) is -0.687. The zero-order valence-corrected chi connectivity index (χ0v) is 17.1. The Bertz CT molecular complexity index is 794. The second-order valence-corrected chi connectivity index (χ2v) is 6.87. The van der Waals surface area contributed by atoms with E-state index < -0.39 is 0 Å². The first-order valence-electron chi connectivity index (χ1n) is 8.90. The molecule has 6 heteroatoms. The van der Waals surface area contributed by atoms with E-state index in [1.807, 2.05) is 31.2 Å². The van der Waals surface area contributed by atoms with E-state index in [9.17, 15) is 9.59 Å². The Morgan fingerprint density at radius 2 is 1.77 bits per heavy atom. The smallest absolute Gasteiger partial charge is 0.340 e. The highest BCUT2D eigenvalue weighted by Crippen LogP contribution is 2.34. The summed E-state index contributed by atoms with van der Waals surface area (Å²) in [5, 5.41) is 0. The van der Waals surface area contributed by atoms with Crippen LogP contribution in [-0.4, -0.2) is 23.1 Å². The molecule has 0 spiro atoms. The molecule has 0 radical (unpaired) electrons. The molecule has 0 saturated heterocycles. The van der Waals surface area contributed by atoms with Crippen LogP contribution in [0.15, 0.2) is 28.7 Å². The van der Waals surface area contributed by atoms with Gasteiger partial charge >= 0.3 is 5.97 Å². The van der Waals surface area contributed by atoms with E-state index in [-0.39, 0.29) is 18.3 Å². The summed E-state index contributed by atoms with van der Waals surface area (Å²) in [6.07, 6.45) is 1.69. The SMILES string of the molecule is CCOC(=O)c1c(CC)c(CC)n(CCC(N)=O)c1-c1ccc(Br)cc1.